The van der Waals surface area contributed by atoms with E-state index in [1.54, 1.807) is 0 Å². The van der Waals surface area contributed by atoms with E-state index in [9.17, 15) is 9.90 Å². The lowest BCUT2D eigenvalue weighted by molar-refractivity contribution is -0.158. The lowest BCUT2D eigenvalue weighted by Crippen LogP contribution is -2.53. The molecule has 154 valence electrons. The predicted octanol–water partition coefficient (Wildman–Crippen LogP) is 6.92. The average molecular weight is 391 g/mol. The Morgan fingerprint density at radius 1 is 1.21 bits per heavy atom. The molecule has 0 radical (unpaired) electrons. The van der Waals surface area contributed by atoms with Crippen LogP contribution in [-0.2, 0) is 4.79 Å². The van der Waals surface area contributed by atoms with Gasteiger partial charge in [0, 0.05) is 11.3 Å². The molecule has 5 atom stereocenters. The summed E-state index contributed by atoms with van der Waals surface area (Å²) in [6, 6.07) is 10.2. The molecule has 0 spiro atoms. The van der Waals surface area contributed by atoms with Gasteiger partial charge in [0.1, 0.15) is 0 Å². The van der Waals surface area contributed by atoms with Crippen LogP contribution in [0.3, 0.4) is 0 Å². The first-order chi connectivity index (χ1) is 13.6. The highest BCUT2D eigenvalue weighted by Gasteiger charge is 2.60. The fourth-order valence-corrected chi connectivity index (χ4v) is 5.75. The van der Waals surface area contributed by atoms with Gasteiger partial charge in [0.15, 0.2) is 0 Å². The maximum absolute atomic E-state index is 12.8. The second-order valence-electron chi connectivity index (χ2n) is 9.27. The molecule has 2 heteroatoms. The first-order valence-corrected chi connectivity index (χ1v) is 10.7. The lowest BCUT2D eigenvalue weighted by Gasteiger charge is -2.52. The van der Waals surface area contributed by atoms with Gasteiger partial charge in [-0.25, -0.2) is 0 Å². The molecular formula is C27H34O2. The average Bonchev–Trinajstić information content (AvgIpc) is 3.02. The van der Waals surface area contributed by atoms with Crippen molar-refractivity contribution in [3.8, 4) is 0 Å². The summed E-state index contributed by atoms with van der Waals surface area (Å²) in [5, 5.41) is 10.5. The molecular weight excluding hydrogens is 356 g/mol. The zero-order valence-electron chi connectivity index (χ0n) is 18.6. The molecule has 29 heavy (non-hydrogen) atoms. The van der Waals surface area contributed by atoms with Gasteiger partial charge in [0.25, 0.3) is 0 Å². The summed E-state index contributed by atoms with van der Waals surface area (Å²) in [6.45, 7) is 12.7. The van der Waals surface area contributed by atoms with Gasteiger partial charge in [-0.3, -0.25) is 4.79 Å². The minimum atomic E-state index is -0.883. The van der Waals surface area contributed by atoms with E-state index in [0.717, 1.165) is 17.6 Å². The molecule has 1 N–H and O–H groups in total. The Kier molecular flexibility index (Phi) is 5.76. The van der Waals surface area contributed by atoms with Gasteiger partial charge in [-0.2, -0.15) is 0 Å². The summed E-state index contributed by atoms with van der Waals surface area (Å²) in [6.07, 6.45) is 11.8. The molecule has 0 aromatic heterocycles. The van der Waals surface area contributed by atoms with Crippen molar-refractivity contribution < 1.29 is 9.90 Å². The zero-order valence-corrected chi connectivity index (χ0v) is 18.6. The molecule has 1 aromatic rings. The summed E-state index contributed by atoms with van der Waals surface area (Å²) < 4.78 is 0. The highest BCUT2D eigenvalue weighted by Crippen LogP contribution is 2.62. The van der Waals surface area contributed by atoms with Crippen molar-refractivity contribution in [2.75, 3.05) is 0 Å². The monoisotopic (exact) mass is 390 g/mol. The third-order valence-electron chi connectivity index (χ3n) is 7.31. The van der Waals surface area contributed by atoms with Crippen LogP contribution in [0.5, 0.6) is 0 Å². The van der Waals surface area contributed by atoms with Crippen LogP contribution in [0.25, 0.3) is 6.08 Å². The smallest absolute Gasteiger partial charge is 0.311 e. The van der Waals surface area contributed by atoms with Crippen molar-refractivity contribution in [1.29, 1.82) is 0 Å². The van der Waals surface area contributed by atoms with Crippen molar-refractivity contribution in [2.24, 2.45) is 28.6 Å². The molecule has 2 aliphatic carbocycles. The first-order valence-electron chi connectivity index (χ1n) is 10.7. The second-order valence-corrected chi connectivity index (χ2v) is 9.27. The number of carboxylic acid groups (broad SMARTS) is 1. The quantitative estimate of drug-likeness (QED) is 0.437. The van der Waals surface area contributed by atoms with Crippen molar-refractivity contribution in [3.63, 3.8) is 0 Å². The molecule has 0 bridgehead atoms. The molecule has 2 nitrogen and oxygen atoms in total. The molecule has 0 aliphatic heterocycles. The van der Waals surface area contributed by atoms with E-state index in [-0.39, 0.29) is 11.8 Å². The lowest BCUT2D eigenvalue weighted by atomic mass is 9.50. The molecule has 1 aromatic carbocycles. The minimum absolute atomic E-state index is 0.0390. The molecule has 0 saturated carbocycles. The molecule has 0 heterocycles. The molecule has 0 saturated heterocycles. The van der Waals surface area contributed by atoms with Crippen LogP contribution in [0.2, 0.25) is 0 Å². The Labute approximate surface area is 175 Å². The number of allylic oxidation sites excluding steroid dienone is 7. The first kappa shape index (κ1) is 21.4. The van der Waals surface area contributed by atoms with Gasteiger partial charge < -0.3 is 5.11 Å². The normalized spacial score (nSPS) is 34.7. The Morgan fingerprint density at radius 3 is 2.45 bits per heavy atom. The standard InChI is InChI=1S/C27H34O2/c1-7-22-15-19(3)23-20(4)17-26(5,27(6,24(22)23)25(28)29)16-18(2)13-14-21-11-9-8-10-12-21/h8-17,19,23-24H,7H2,1-6H3,(H,28,29)/b14-13+,18-16+/t19-,23-,24+,26+,27+/m1/s1. The summed E-state index contributed by atoms with van der Waals surface area (Å²) >= 11 is 0. The number of aliphatic carboxylic acids is 1. The SMILES string of the molecule is CCC1=C[C@@H](C)[C@@H]2C(C)=C[C@](C)(/C=C(C)/C=C/c3ccccc3)[C@](C)(C(=O)O)[C@@H]12. The van der Waals surface area contributed by atoms with Crippen LogP contribution in [0.15, 0.2) is 71.4 Å². The molecule has 0 amide bonds. The number of fused-ring (bicyclic) bond motifs is 1. The summed E-state index contributed by atoms with van der Waals surface area (Å²) in [5.41, 5.74) is 3.40. The third kappa shape index (κ3) is 3.54. The van der Waals surface area contributed by atoms with Crippen molar-refractivity contribution >= 4 is 12.0 Å². The topological polar surface area (TPSA) is 37.3 Å². The summed E-state index contributed by atoms with van der Waals surface area (Å²) in [4.78, 5) is 12.8. The zero-order chi connectivity index (χ0) is 21.4. The van der Waals surface area contributed by atoms with Gasteiger partial charge in [-0.15, -0.1) is 0 Å². The van der Waals surface area contributed by atoms with Crippen molar-refractivity contribution in [1.82, 2.24) is 0 Å². The number of carbonyl (C=O) groups is 1. The highest BCUT2D eigenvalue weighted by molar-refractivity contribution is 5.79. The van der Waals surface area contributed by atoms with Gasteiger partial charge in [0.2, 0.25) is 0 Å². The van der Waals surface area contributed by atoms with Gasteiger partial charge in [0.05, 0.1) is 5.41 Å². The van der Waals surface area contributed by atoms with E-state index in [1.807, 2.05) is 25.1 Å². The van der Waals surface area contributed by atoms with E-state index < -0.39 is 16.8 Å². The molecule has 2 aliphatic rings. The Hall–Kier alpha value is -2.35. The highest BCUT2D eigenvalue weighted by atomic mass is 16.4. The van der Waals surface area contributed by atoms with E-state index in [2.05, 4.69) is 77.1 Å². The molecule has 0 fully saturated rings. The fraction of sp³-hybridized carbons (Fsp3) is 0.444. The van der Waals surface area contributed by atoms with Crippen LogP contribution < -0.4 is 0 Å². The largest absolute Gasteiger partial charge is 0.481 e. The van der Waals surface area contributed by atoms with E-state index in [4.69, 9.17) is 0 Å². The summed E-state index contributed by atoms with van der Waals surface area (Å²) in [7, 11) is 0. The predicted molar refractivity (Wildman–Crippen MR) is 121 cm³/mol. The number of hydrogen-bond acceptors (Lipinski definition) is 1. The van der Waals surface area contributed by atoms with Crippen molar-refractivity contribution in [3.05, 3.63) is 76.9 Å². The Morgan fingerprint density at radius 2 is 1.86 bits per heavy atom. The number of carboxylic acids is 1. The Balaban J connectivity index is 2.08. The Bertz CT molecular complexity index is 902. The maximum atomic E-state index is 12.8. The number of rotatable bonds is 5. The fourth-order valence-electron chi connectivity index (χ4n) is 5.75. The van der Waals surface area contributed by atoms with E-state index in [0.29, 0.717) is 5.92 Å². The molecule has 0 unspecified atom stereocenters. The molecule has 3 rings (SSSR count). The van der Waals surface area contributed by atoms with Crippen LogP contribution in [0.1, 0.15) is 53.5 Å². The maximum Gasteiger partial charge on any atom is 0.311 e. The van der Waals surface area contributed by atoms with E-state index in [1.165, 1.54) is 11.1 Å². The number of hydrogen-bond donors (Lipinski definition) is 1. The third-order valence-corrected chi connectivity index (χ3v) is 7.31. The van der Waals surface area contributed by atoms with Crippen LogP contribution in [0, 0.1) is 28.6 Å². The van der Waals surface area contributed by atoms with Gasteiger partial charge >= 0.3 is 5.97 Å². The van der Waals surface area contributed by atoms with Crippen LogP contribution in [-0.4, -0.2) is 11.1 Å². The second kappa shape index (κ2) is 7.82. The summed E-state index contributed by atoms with van der Waals surface area (Å²) in [5.74, 6) is 0.00520. The van der Waals surface area contributed by atoms with Gasteiger partial charge in [-0.05, 0) is 44.6 Å². The van der Waals surface area contributed by atoms with Crippen LogP contribution >= 0.6 is 0 Å². The van der Waals surface area contributed by atoms with Crippen LogP contribution in [0.4, 0.5) is 0 Å². The van der Waals surface area contributed by atoms with Gasteiger partial charge in [-0.1, -0.05) is 98.2 Å². The van der Waals surface area contributed by atoms with E-state index >= 15 is 0 Å². The minimum Gasteiger partial charge on any atom is -0.481 e. The number of benzene rings is 1. The van der Waals surface area contributed by atoms with Crippen molar-refractivity contribution in [2.45, 2.75) is 48.0 Å².